The molecule has 4 heteroatoms. The number of quaternary nitrogens is 1. The normalized spacial score (nSPS) is 12.7. The first kappa shape index (κ1) is 47.8. The van der Waals surface area contributed by atoms with E-state index in [2.05, 4.69) is 27.9 Å². The molecule has 0 radical (unpaired) electrons. The lowest BCUT2D eigenvalue weighted by molar-refractivity contribution is -0.893. The Morgan fingerprint density at radius 2 is 0.729 bits per heavy atom. The highest BCUT2D eigenvalue weighted by Crippen LogP contribution is 2.16. The maximum Gasteiger partial charge on any atom is 0.130 e. The van der Waals surface area contributed by atoms with Crippen LogP contribution in [0.5, 0.6) is 0 Å². The molecular formula is C44H93N2O2+. The van der Waals surface area contributed by atoms with Crippen LogP contribution in [0.25, 0.3) is 0 Å². The van der Waals surface area contributed by atoms with Crippen LogP contribution in [0.4, 0.5) is 0 Å². The molecule has 0 fully saturated rings. The maximum absolute atomic E-state index is 6.44. The third-order valence-corrected chi connectivity index (χ3v) is 10.5. The van der Waals surface area contributed by atoms with E-state index in [9.17, 15) is 0 Å². The Hall–Kier alpha value is -0.160. The van der Waals surface area contributed by atoms with Crippen LogP contribution in [0.15, 0.2) is 0 Å². The summed E-state index contributed by atoms with van der Waals surface area (Å²) in [6.45, 7) is 9.99. The Morgan fingerprint density at radius 3 is 1.06 bits per heavy atom. The predicted molar refractivity (Wildman–Crippen MR) is 215 cm³/mol. The van der Waals surface area contributed by atoms with Crippen molar-refractivity contribution in [2.45, 2.75) is 232 Å². The summed E-state index contributed by atoms with van der Waals surface area (Å²) in [5.41, 5.74) is 5.82. The lowest BCUT2D eigenvalue weighted by atomic mass is 10.0. The van der Waals surface area contributed by atoms with Gasteiger partial charge in [-0.25, -0.2) is 0 Å². The van der Waals surface area contributed by atoms with Gasteiger partial charge in [-0.05, 0) is 19.4 Å². The minimum Gasteiger partial charge on any atom is -0.379 e. The van der Waals surface area contributed by atoms with Crippen LogP contribution in [-0.4, -0.2) is 64.1 Å². The molecule has 0 saturated heterocycles. The van der Waals surface area contributed by atoms with Gasteiger partial charge in [0.2, 0.25) is 0 Å². The van der Waals surface area contributed by atoms with Crippen LogP contribution in [0.3, 0.4) is 0 Å². The van der Waals surface area contributed by atoms with Gasteiger partial charge in [-0.1, -0.05) is 206 Å². The zero-order chi connectivity index (χ0) is 35.1. The van der Waals surface area contributed by atoms with Gasteiger partial charge in [-0.3, -0.25) is 0 Å². The fourth-order valence-electron chi connectivity index (χ4n) is 7.18. The van der Waals surface area contributed by atoms with Gasteiger partial charge in [0.15, 0.2) is 0 Å². The number of hydrogen-bond acceptors (Lipinski definition) is 3. The van der Waals surface area contributed by atoms with Gasteiger partial charge in [-0.15, -0.1) is 0 Å². The highest BCUT2D eigenvalue weighted by molar-refractivity contribution is 4.59. The van der Waals surface area contributed by atoms with Gasteiger partial charge in [0.25, 0.3) is 0 Å². The van der Waals surface area contributed by atoms with Crippen LogP contribution in [0, 0.1) is 0 Å². The Balaban J connectivity index is 3.80. The smallest absolute Gasteiger partial charge is 0.130 e. The van der Waals surface area contributed by atoms with Crippen molar-refractivity contribution in [3.63, 3.8) is 0 Å². The monoisotopic (exact) mass is 682 g/mol. The van der Waals surface area contributed by atoms with Gasteiger partial charge < -0.3 is 19.7 Å². The average Bonchev–Trinajstić information content (AvgIpc) is 3.08. The molecule has 0 bridgehead atoms. The topological polar surface area (TPSA) is 44.5 Å². The zero-order valence-corrected chi connectivity index (χ0v) is 34.0. The van der Waals surface area contributed by atoms with Crippen molar-refractivity contribution in [3.8, 4) is 0 Å². The number of likely N-dealkylation sites (N-methyl/N-ethyl adjacent to an activating group) is 1. The minimum absolute atomic E-state index is 0.190. The molecule has 0 aromatic rings. The highest BCUT2D eigenvalue weighted by atomic mass is 16.5. The minimum atomic E-state index is 0.190. The number of rotatable bonds is 42. The summed E-state index contributed by atoms with van der Waals surface area (Å²) in [4.78, 5) is 0. The van der Waals surface area contributed by atoms with Gasteiger partial charge in [-0.2, -0.15) is 0 Å². The fraction of sp³-hybridized carbons (Fsp3) is 1.00. The van der Waals surface area contributed by atoms with Crippen LogP contribution >= 0.6 is 0 Å². The molecule has 1 unspecified atom stereocenters. The third-order valence-electron chi connectivity index (χ3n) is 10.5. The Labute approximate surface area is 304 Å². The molecule has 4 nitrogen and oxygen atoms in total. The first-order valence-corrected chi connectivity index (χ1v) is 22.3. The van der Waals surface area contributed by atoms with E-state index in [1.165, 1.54) is 205 Å². The number of unbranched alkanes of at least 4 members (excludes halogenated alkanes) is 30. The van der Waals surface area contributed by atoms with Gasteiger partial charge in [0, 0.05) is 19.6 Å². The van der Waals surface area contributed by atoms with Crippen molar-refractivity contribution in [1.82, 2.24) is 0 Å². The predicted octanol–water partition coefficient (Wildman–Crippen LogP) is 13.3. The first-order chi connectivity index (χ1) is 23.6. The third kappa shape index (κ3) is 38.6. The summed E-state index contributed by atoms with van der Waals surface area (Å²) in [7, 11) is 4.63. The second kappa shape index (κ2) is 39.6. The molecule has 0 spiro atoms. The summed E-state index contributed by atoms with van der Waals surface area (Å²) >= 11 is 0. The molecular weight excluding hydrogens is 588 g/mol. The SMILES string of the molecule is CCCCCCCCCCCCCCCCCCOCC(C[N+](C)(C)CCCN)OCCCCCCCCCCCCCCCCCC. The summed E-state index contributed by atoms with van der Waals surface area (Å²) in [5, 5.41) is 0. The number of hydrogen-bond donors (Lipinski definition) is 1. The summed E-state index contributed by atoms with van der Waals surface area (Å²) in [5.74, 6) is 0. The van der Waals surface area contributed by atoms with E-state index in [1.54, 1.807) is 0 Å². The largest absolute Gasteiger partial charge is 0.379 e. The molecule has 0 aliphatic carbocycles. The van der Waals surface area contributed by atoms with Crippen molar-refractivity contribution in [1.29, 1.82) is 0 Å². The molecule has 0 aliphatic heterocycles. The average molecular weight is 682 g/mol. The van der Waals surface area contributed by atoms with Crippen molar-refractivity contribution in [2.75, 3.05) is 53.6 Å². The zero-order valence-electron chi connectivity index (χ0n) is 34.0. The van der Waals surface area contributed by atoms with Crippen molar-refractivity contribution in [2.24, 2.45) is 5.73 Å². The van der Waals surface area contributed by atoms with E-state index >= 15 is 0 Å². The standard InChI is InChI=1S/C44H93N2O2/c1-5-7-9-11-13-15-17-19-21-23-25-27-29-31-33-35-40-47-43-44(42-46(3,4)39-37-38-45)48-41-36-34-32-30-28-26-24-22-20-18-16-14-12-10-8-6-2/h44H,5-43,45H2,1-4H3/q+1. The first-order valence-electron chi connectivity index (χ1n) is 22.3. The molecule has 1 atom stereocenters. The molecule has 0 aromatic carbocycles. The van der Waals surface area contributed by atoms with Crippen molar-refractivity contribution >= 4 is 0 Å². The number of nitrogens with two attached hydrogens (primary N) is 1. The Morgan fingerprint density at radius 1 is 0.417 bits per heavy atom. The lowest BCUT2D eigenvalue weighted by Crippen LogP contribution is -2.48. The summed E-state index contributed by atoms with van der Waals surface area (Å²) in [6.07, 6.45) is 46.3. The molecule has 2 N–H and O–H groups in total. The lowest BCUT2D eigenvalue weighted by Gasteiger charge is -2.33. The molecule has 290 valence electrons. The number of nitrogens with zero attached hydrogens (tertiary/aromatic N) is 1. The van der Waals surface area contributed by atoms with Crippen molar-refractivity contribution < 1.29 is 14.0 Å². The molecule has 0 rings (SSSR count). The molecule has 0 aromatic heterocycles. The fourth-order valence-corrected chi connectivity index (χ4v) is 7.18. The molecule has 48 heavy (non-hydrogen) atoms. The number of ether oxygens (including phenoxy) is 2. The maximum atomic E-state index is 6.44. The summed E-state index contributed by atoms with van der Waals surface area (Å²) in [6, 6.07) is 0. The van der Waals surface area contributed by atoms with Crippen LogP contribution in [0.1, 0.15) is 226 Å². The molecule has 0 aliphatic rings. The molecule has 0 heterocycles. The van der Waals surface area contributed by atoms with Gasteiger partial charge in [0.05, 0.1) is 27.2 Å². The van der Waals surface area contributed by atoms with E-state index in [0.717, 1.165) is 50.4 Å². The Kier molecular flexibility index (Phi) is 39.5. The quantitative estimate of drug-likeness (QED) is 0.0515. The van der Waals surface area contributed by atoms with E-state index < -0.39 is 0 Å². The Bertz CT molecular complexity index is 584. The summed E-state index contributed by atoms with van der Waals surface area (Å²) < 4.78 is 13.6. The van der Waals surface area contributed by atoms with Crippen molar-refractivity contribution in [3.05, 3.63) is 0 Å². The highest BCUT2D eigenvalue weighted by Gasteiger charge is 2.22. The molecule has 0 saturated carbocycles. The van der Waals surface area contributed by atoms with E-state index in [1.807, 2.05) is 0 Å². The second-order valence-electron chi connectivity index (χ2n) is 16.2. The van der Waals surface area contributed by atoms with E-state index in [-0.39, 0.29) is 6.10 Å². The van der Waals surface area contributed by atoms with E-state index in [0.29, 0.717) is 0 Å². The van der Waals surface area contributed by atoms with E-state index in [4.69, 9.17) is 15.2 Å². The van der Waals surface area contributed by atoms with Gasteiger partial charge in [0.1, 0.15) is 12.6 Å². The van der Waals surface area contributed by atoms with Crippen LogP contribution in [-0.2, 0) is 9.47 Å². The van der Waals surface area contributed by atoms with Crippen LogP contribution in [0.2, 0.25) is 0 Å². The molecule has 0 amide bonds. The van der Waals surface area contributed by atoms with Gasteiger partial charge >= 0.3 is 0 Å². The second-order valence-corrected chi connectivity index (χ2v) is 16.2. The van der Waals surface area contributed by atoms with Crippen LogP contribution < -0.4 is 5.73 Å².